The molecule has 3 rings (SSSR count). The number of fused-ring (bicyclic) bond motifs is 3. The SMILES string of the molecule is CCC(NC(=O)OC(C)(C)C)C(=O)Oc1cc2oc(=O)c3c(c2cc1Cl)CCC3. The van der Waals surface area contributed by atoms with Gasteiger partial charge in [0.25, 0.3) is 0 Å². The van der Waals surface area contributed by atoms with E-state index in [4.69, 9.17) is 25.5 Å². The van der Waals surface area contributed by atoms with E-state index in [2.05, 4.69) is 5.32 Å². The van der Waals surface area contributed by atoms with Crippen LogP contribution in [0.5, 0.6) is 5.75 Å². The summed E-state index contributed by atoms with van der Waals surface area (Å²) in [4.78, 5) is 36.7. The molecule has 0 spiro atoms. The van der Waals surface area contributed by atoms with Gasteiger partial charge in [-0.1, -0.05) is 18.5 Å². The number of benzene rings is 1. The van der Waals surface area contributed by atoms with E-state index in [1.165, 1.54) is 6.07 Å². The van der Waals surface area contributed by atoms with Crippen molar-refractivity contribution >= 4 is 34.6 Å². The Kier molecular flexibility index (Phi) is 5.89. The molecule has 1 N–H and O–H groups in total. The standard InChI is InChI=1S/C21H24ClNO6/c1-5-15(23-20(26)29-21(2,3)4)19(25)28-17-10-16-13(9-14(17)22)11-7-6-8-12(11)18(24)27-16/h9-10,15H,5-8H2,1-4H3,(H,23,26). The molecule has 1 amide bonds. The maximum absolute atomic E-state index is 12.5. The molecule has 0 aliphatic heterocycles. The highest BCUT2D eigenvalue weighted by Gasteiger charge is 2.26. The van der Waals surface area contributed by atoms with Crippen LogP contribution in [0.15, 0.2) is 21.3 Å². The fourth-order valence-corrected chi connectivity index (χ4v) is 3.52. The largest absolute Gasteiger partial charge is 0.444 e. The molecule has 8 heteroatoms. The fourth-order valence-electron chi connectivity index (χ4n) is 3.32. The van der Waals surface area contributed by atoms with Gasteiger partial charge >= 0.3 is 17.7 Å². The number of hydrogen-bond acceptors (Lipinski definition) is 6. The van der Waals surface area contributed by atoms with Gasteiger partial charge in [0.05, 0.1) is 5.02 Å². The Morgan fingerprint density at radius 1 is 1.24 bits per heavy atom. The summed E-state index contributed by atoms with van der Waals surface area (Å²) in [6, 6.07) is 2.17. The number of carbonyl (C=O) groups is 2. The lowest BCUT2D eigenvalue weighted by Crippen LogP contribution is -2.44. The Morgan fingerprint density at radius 3 is 2.59 bits per heavy atom. The van der Waals surface area contributed by atoms with Crippen LogP contribution in [0, 0.1) is 0 Å². The van der Waals surface area contributed by atoms with E-state index in [1.54, 1.807) is 33.8 Å². The summed E-state index contributed by atoms with van der Waals surface area (Å²) in [7, 11) is 0. The second-order valence-electron chi connectivity index (χ2n) is 8.01. The molecule has 1 aliphatic rings. The van der Waals surface area contributed by atoms with E-state index < -0.39 is 23.7 Å². The number of esters is 1. The van der Waals surface area contributed by atoms with E-state index in [9.17, 15) is 14.4 Å². The van der Waals surface area contributed by atoms with Crippen LogP contribution in [0.4, 0.5) is 4.79 Å². The Hall–Kier alpha value is -2.54. The highest BCUT2D eigenvalue weighted by atomic mass is 35.5. The molecule has 0 saturated carbocycles. The number of aryl methyl sites for hydroxylation is 1. The molecule has 29 heavy (non-hydrogen) atoms. The molecule has 7 nitrogen and oxygen atoms in total. The fraction of sp³-hybridized carbons (Fsp3) is 0.476. The molecule has 1 atom stereocenters. The van der Waals surface area contributed by atoms with E-state index in [0.717, 1.165) is 23.8 Å². The van der Waals surface area contributed by atoms with Crippen molar-refractivity contribution in [1.82, 2.24) is 5.32 Å². The maximum Gasteiger partial charge on any atom is 0.408 e. The molecular weight excluding hydrogens is 398 g/mol. The van der Waals surface area contributed by atoms with Crippen LogP contribution in [0.2, 0.25) is 5.02 Å². The van der Waals surface area contributed by atoms with Gasteiger partial charge < -0.3 is 19.2 Å². The van der Waals surface area contributed by atoms with Crippen molar-refractivity contribution < 1.29 is 23.5 Å². The molecule has 156 valence electrons. The molecule has 1 heterocycles. The second-order valence-corrected chi connectivity index (χ2v) is 8.41. The average molecular weight is 422 g/mol. The number of nitrogens with one attached hydrogen (secondary N) is 1. The van der Waals surface area contributed by atoms with E-state index in [1.807, 2.05) is 0 Å². The third-order valence-electron chi connectivity index (χ3n) is 4.62. The first-order valence-corrected chi connectivity index (χ1v) is 9.96. The molecular formula is C21H24ClNO6. The van der Waals surface area contributed by atoms with Crippen molar-refractivity contribution in [2.24, 2.45) is 0 Å². The van der Waals surface area contributed by atoms with E-state index in [-0.39, 0.29) is 16.4 Å². The minimum absolute atomic E-state index is 0.0645. The van der Waals surface area contributed by atoms with Crippen LogP contribution in [-0.4, -0.2) is 23.7 Å². The third-order valence-corrected chi connectivity index (χ3v) is 4.92. The first-order valence-electron chi connectivity index (χ1n) is 9.58. The van der Waals surface area contributed by atoms with Crippen LogP contribution in [0.3, 0.4) is 0 Å². The Morgan fingerprint density at radius 2 is 1.93 bits per heavy atom. The molecule has 0 saturated heterocycles. The van der Waals surface area contributed by atoms with Crippen molar-refractivity contribution in [3.8, 4) is 5.75 Å². The summed E-state index contributed by atoms with van der Waals surface area (Å²) < 4.78 is 16.0. The molecule has 1 aliphatic carbocycles. The Labute approximate surface area is 173 Å². The lowest BCUT2D eigenvalue weighted by Gasteiger charge is -2.22. The van der Waals surface area contributed by atoms with Crippen molar-refractivity contribution in [3.05, 3.63) is 38.7 Å². The zero-order chi connectivity index (χ0) is 21.3. The summed E-state index contributed by atoms with van der Waals surface area (Å²) in [6.07, 6.45) is 1.95. The van der Waals surface area contributed by atoms with Crippen molar-refractivity contribution in [2.45, 2.75) is 65.0 Å². The number of carbonyl (C=O) groups excluding carboxylic acids is 2. The van der Waals surface area contributed by atoms with Gasteiger partial charge in [0.15, 0.2) is 5.75 Å². The average Bonchev–Trinajstić information content (AvgIpc) is 3.10. The highest BCUT2D eigenvalue weighted by Crippen LogP contribution is 2.34. The number of amides is 1. The second kappa shape index (κ2) is 8.06. The molecule has 0 radical (unpaired) electrons. The van der Waals surface area contributed by atoms with Crippen LogP contribution in [-0.2, 0) is 22.4 Å². The summed E-state index contributed by atoms with van der Waals surface area (Å²) in [5.74, 6) is -0.627. The van der Waals surface area contributed by atoms with Crippen molar-refractivity contribution in [2.75, 3.05) is 0 Å². The van der Waals surface area contributed by atoms with Gasteiger partial charge in [0.1, 0.15) is 17.2 Å². The summed E-state index contributed by atoms with van der Waals surface area (Å²) in [6.45, 7) is 6.91. The van der Waals surface area contributed by atoms with Crippen LogP contribution >= 0.6 is 11.6 Å². The smallest absolute Gasteiger partial charge is 0.408 e. The van der Waals surface area contributed by atoms with Gasteiger partial charge in [-0.2, -0.15) is 0 Å². The highest BCUT2D eigenvalue weighted by molar-refractivity contribution is 6.33. The van der Waals surface area contributed by atoms with E-state index >= 15 is 0 Å². The normalized spacial score (nSPS) is 14.4. The number of alkyl carbamates (subject to hydrolysis) is 1. The van der Waals surface area contributed by atoms with Crippen LogP contribution in [0.25, 0.3) is 11.0 Å². The summed E-state index contributed by atoms with van der Waals surface area (Å²) >= 11 is 6.32. The monoisotopic (exact) mass is 421 g/mol. The molecule has 1 unspecified atom stereocenters. The minimum atomic E-state index is -0.913. The van der Waals surface area contributed by atoms with Gasteiger partial charge in [-0.05, 0) is 58.1 Å². The van der Waals surface area contributed by atoms with Gasteiger partial charge in [-0.3, -0.25) is 0 Å². The number of rotatable bonds is 4. The minimum Gasteiger partial charge on any atom is -0.444 e. The van der Waals surface area contributed by atoms with Crippen LogP contribution in [0.1, 0.15) is 51.7 Å². The molecule has 0 bridgehead atoms. The van der Waals surface area contributed by atoms with Gasteiger partial charge in [0.2, 0.25) is 0 Å². The quantitative estimate of drug-likeness (QED) is 0.452. The first-order chi connectivity index (χ1) is 13.6. The summed E-state index contributed by atoms with van der Waals surface area (Å²) in [5.41, 5.74) is 0.879. The van der Waals surface area contributed by atoms with Gasteiger partial charge in [-0.15, -0.1) is 0 Å². The van der Waals surface area contributed by atoms with Gasteiger partial charge in [-0.25, -0.2) is 14.4 Å². The summed E-state index contributed by atoms with van der Waals surface area (Å²) in [5, 5.41) is 3.46. The zero-order valence-electron chi connectivity index (χ0n) is 16.9. The van der Waals surface area contributed by atoms with Crippen LogP contribution < -0.4 is 15.7 Å². The van der Waals surface area contributed by atoms with Gasteiger partial charge in [0, 0.05) is 17.0 Å². The predicted molar refractivity (Wildman–Crippen MR) is 109 cm³/mol. The maximum atomic E-state index is 12.5. The third kappa shape index (κ3) is 4.72. The molecule has 2 aromatic rings. The predicted octanol–water partition coefficient (Wildman–Crippen LogP) is 4.14. The lowest BCUT2D eigenvalue weighted by molar-refractivity contribution is -0.136. The molecule has 1 aromatic heterocycles. The molecule has 0 fully saturated rings. The van der Waals surface area contributed by atoms with Crippen molar-refractivity contribution in [1.29, 1.82) is 0 Å². The van der Waals surface area contributed by atoms with Crippen molar-refractivity contribution in [3.63, 3.8) is 0 Å². The number of ether oxygens (including phenoxy) is 2. The number of hydrogen-bond donors (Lipinski definition) is 1. The lowest BCUT2D eigenvalue weighted by atomic mass is 10.1. The topological polar surface area (TPSA) is 94.8 Å². The Bertz CT molecular complexity index is 1020. The number of halogens is 1. The Balaban J connectivity index is 1.82. The van der Waals surface area contributed by atoms with E-state index in [0.29, 0.717) is 24.0 Å². The first kappa shape index (κ1) is 21.2. The zero-order valence-corrected chi connectivity index (χ0v) is 17.6. The molecule has 1 aromatic carbocycles.